The van der Waals surface area contributed by atoms with Crippen LogP contribution < -0.4 is 4.90 Å². The maximum Gasteiger partial charge on any atom is 0.333 e. The Bertz CT molecular complexity index is 1280. The number of anilines is 1. The number of rotatable bonds is 5. The number of aliphatic hydroxyl groups is 1. The van der Waals surface area contributed by atoms with E-state index in [9.17, 15) is 19.1 Å². The Labute approximate surface area is 207 Å². The molecule has 1 saturated heterocycles. The highest BCUT2D eigenvalue weighted by Gasteiger charge is 2.46. The number of cyclic esters (lactones) is 2. The highest BCUT2D eigenvalue weighted by atomic mass is 19.1. The van der Waals surface area contributed by atoms with Gasteiger partial charge in [0.15, 0.2) is 6.10 Å². The first kappa shape index (κ1) is 23.9. The molecular weight excluding hydrogens is 465 g/mol. The fourth-order valence-corrected chi connectivity index (χ4v) is 4.69. The second kappa shape index (κ2) is 10.0. The molecule has 2 aliphatic rings. The van der Waals surface area contributed by atoms with Crippen LogP contribution in [0, 0.1) is 5.82 Å². The standard InChI is InChI=1S/C27H26FN3O5/c28-21-8-6-20(7-9-21)27(34)23(35-24(32)10-11-25(33)36-27)12-14-30-15-17-31(18-16-30)22-5-1-3-19-4-2-13-29-26(19)22/h1-11,13,23,34H,12,14-18H2/b11-10+. The number of hydrogen-bond donors (Lipinski definition) is 1. The summed E-state index contributed by atoms with van der Waals surface area (Å²) in [7, 11) is 0. The number of carbonyl (C=O) groups excluding carboxylic acids is 2. The van der Waals surface area contributed by atoms with Crippen LogP contribution >= 0.6 is 0 Å². The largest absolute Gasteiger partial charge is 0.452 e. The Kier molecular flexibility index (Phi) is 6.67. The molecule has 2 aliphatic heterocycles. The van der Waals surface area contributed by atoms with Crippen molar-refractivity contribution in [1.82, 2.24) is 9.88 Å². The molecule has 0 saturated carbocycles. The SMILES string of the molecule is O=C1/C=C/C(=O)OC(O)(c2ccc(F)cc2)C(CCN2CCN(c3cccc4cccnc34)CC2)O1. The van der Waals surface area contributed by atoms with Crippen LogP contribution in [0.2, 0.25) is 0 Å². The molecule has 1 fully saturated rings. The van der Waals surface area contributed by atoms with Crippen molar-refractivity contribution in [2.75, 3.05) is 37.6 Å². The van der Waals surface area contributed by atoms with E-state index >= 15 is 0 Å². The van der Waals surface area contributed by atoms with Crippen molar-refractivity contribution in [2.45, 2.75) is 18.3 Å². The Hall–Kier alpha value is -3.82. The minimum absolute atomic E-state index is 0.124. The predicted octanol–water partition coefficient (Wildman–Crippen LogP) is 2.76. The van der Waals surface area contributed by atoms with Gasteiger partial charge in [-0.1, -0.05) is 18.2 Å². The number of halogens is 1. The van der Waals surface area contributed by atoms with Crippen molar-refractivity contribution < 1.29 is 28.6 Å². The zero-order chi connectivity index (χ0) is 25.1. The minimum Gasteiger partial charge on any atom is -0.452 e. The number of piperazine rings is 1. The summed E-state index contributed by atoms with van der Waals surface area (Å²) in [6.07, 6.45) is 2.69. The second-order valence-corrected chi connectivity index (χ2v) is 8.85. The Balaban J connectivity index is 1.28. The van der Waals surface area contributed by atoms with Gasteiger partial charge in [-0.15, -0.1) is 0 Å². The van der Waals surface area contributed by atoms with Gasteiger partial charge in [0.05, 0.1) is 11.2 Å². The molecule has 3 aromatic rings. The molecule has 186 valence electrons. The van der Waals surface area contributed by atoms with Crippen LogP contribution in [0.3, 0.4) is 0 Å². The molecule has 1 aromatic heterocycles. The first-order valence-corrected chi connectivity index (χ1v) is 11.8. The first-order chi connectivity index (χ1) is 17.4. The monoisotopic (exact) mass is 491 g/mol. The topological polar surface area (TPSA) is 92.2 Å². The lowest BCUT2D eigenvalue weighted by Gasteiger charge is -2.39. The molecule has 9 heteroatoms. The molecule has 8 nitrogen and oxygen atoms in total. The third-order valence-corrected chi connectivity index (χ3v) is 6.60. The van der Waals surface area contributed by atoms with Crippen LogP contribution in [-0.2, 0) is 24.8 Å². The van der Waals surface area contributed by atoms with Crippen molar-refractivity contribution in [3.8, 4) is 0 Å². The summed E-state index contributed by atoms with van der Waals surface area (Å²) < 4.78 is 24.3. The molecule has 0 spiro atoms. The van der Waals surface area contributed by atoms with Crippen LogP contribution in [0.4, 0.5) is 10.1 Å². The van der Waals surface area contributed by atoms with Crippen LogP contribution in [0.1, 0.15) is 12.0 Å². The van der Waals surface area contributed by atoms with Gasteiger partial charge in [-0.05, 0) is 36.4 Å². The zero-order valence-corrected chi connectivity index (χ0v) is 19.5. The summed E-state index contributed by atoms with van der Waals surface area (Å²) in [5.41, 5.74) is 2.18. The molecule has 2 atom stereocenters. The van der Waals surface area contributed by atoms with E-state index in [-0.39, 0.29) is 12.0 Å². The summed E-state index contributed by atoms with van der Waals surface area (Å²) in [4.78, 5) is 33.4. The van der Waals surface area contributed by atoms with Crippen molar-refractivity contribution in [1.29, 1.82) is 0 Å². The molecule has 36 heavy (non-hydrogen) atoms. The molecule has 5 rings (SSSR count). The molecule has 0 bridgehead atoms. The van der Waals surface area contributed by atoms with E-state index in [1.165, 1.54) is 12.1 Å². The number of para-hydroxylation sites is 1. The number of benzene rings is 2. The van der Waals surface area contributed by atoms with E-state index in [1.54, 1.807) is 6.20 Å². The fourth-order valence-electron chi connectivity index (χ4n) is 4.69. The van der Waals surface area contributed by atoms with Crippen molar-refractivity contribution in [3.05, 3.63) is 84.3 Å². The molecule has 0 aliphatic carbocycles. The summed E-state index contributed by atoms with van der Waals surface area (Å²) in [6, 6.07) is 15.0. The number of fused-ring (bicyclic) bond motifs is 1. The van der Waals surface area contributed by atoms with Crippen LogP contribution in [-0.4, -0.2) is 65.8 Å². The average molecular weight is 492 g/mol. The van der Waals surface area contributed by atoms with Gasteiger partial charge in [-0.2, -0.15) is 0 Å². The van der Waals surface area contributed by atoms with Gasteiger partial charge < -0.3 is 19.5 Å². The normalized spacial score (nSPS) is 24.1. The van der Waals surface area contributed by atoms with E-state index in [1.807, 2.05) is 24.3 Å². The number of aromatic nitrogens is 1. The number of pyridine rings is 1. The molecule has 2 aromatic carbocycles. The van der Waals surface area contributed by atoms with Crippen LogP contribution in [0.5, 0.6) is 0 Å². The molecule has 0 amide bonds. The number of ether oxygens (including phenoxy) is 2. The fraction of sp³-hybridized carbons (Fsp3) is 0.296. The maximum atomic E-state index is 13.5. The summed E-state index contributed by atoms with van der Waals surface area (Å²) in [6.45, 7) is 3.54. The van der Waals surface area contributed by atoms with E-state index in [0.717, 1.165) is 67.1 Å². The van der Waals surface area contributed by atoms with Gasteiger partial charge in [0.2, 0.25) is 0 Å². The van der Waals surface area contributed by atoms with Crippen molar-refractivity contribution in [3.63, 3.8) is 0 Å². The third-order valence-electron chi connectivity index (χ3n) is 6.60. The number of esters is 2. The van der Waals surface area contributed by atoms with E-state index in [0.29, 0.717) is 6.54 Å². The highest BCUT2D eigenvalue weighted by Crippen LogP contribution is 2.33. The number of carbonyl (C=O) groups is 2. The van der Waals surface area contributed by atoms with Gasteiger partial charge in [0, 0.05) is 68.4 Å². The lowest BCUT2D eigenvalue weighted by Crippen LogP contribution is -2.50. The Morgan fingerprint density at radius 2 is 1.69 bits per heavy atom. The van der Waals surface area contributed by atoms with Gasteiger partial charge in [-0.25, -0.2) is 14.0 Å². The zero-order valence-electron chi connectivity index (χ0n) is 19.5. The Morgan fingerprint density at radius 1 is 0.972 bits per heavy atom. The third kappa shape index (κ3) is 4.93. The molecule has 0 radical (unpaired) electrons. The smallest absolute Gasteiger partial charge is 0.333 e. The minimum atomic E-state index is -2.25. The lowest BCUT2D eigenvalue weighted by molar-refractivity contribution is -0.260. The second-order valence-electron chi connectivity index (χ2n) is 8.85. The quantitative estimate of drug-likeness (QED) is 0.545. The summed E-state index contributed by atoms with van der Waals surface area (Å²) >= 11 is 0. The lowest BCUT2D eigenvalue weighted by atomic mass is 9.96. The molecular formula is C27H26FN3O5. The Morgan fingerprint density at radius 3 is 2.47 bits per heavy atom. The number of nitrogens with zero attached hydrogens (tertiary/aromatic N) is 3. The van der Waals surface area contributed by atoms with Gasteiger partial charge in [-0.3, -0.25) is 9.88 Å². The number of hydrogen-bond acceptors (Lipinski definition) is 8. The van der Waals surface area contributed by atoms with Gasteiger partial charge in [0.1, 0.15) is 5.82 Å². The molecule has 3 heterocycles. The summed E-state index contributed by atoms with van der Waals surface area (Å²) in [5, 5.41) is 12.5. The van der Waals surface area contributed by atoms with Crippen LogP contribution in [0.25, 0.3) is 10.9 Å². The molecule has 1 N–H and O–H groups in total. The van der Waals surface area contributed by atoms with E-state index < -0.39 is 29.6 Å². The van der Waals surface area contributed by atoms with E-state index in [4.69, 9.17) is 9.47 Å². The van der Waals surface area contributed by atoms with Crippen molar-refractivity contribution in [2.24, 2.45) is 0 Å². The van der Waals surface area contributed by atoms with Gasteiger partial charge >= 0.3 is 11.9 Å². The first-order valence-electron chi connectivity index (χ1n) is 11.8. The molecule has 2 unspecified atom stereocenters. The maximum absolute atomic E-state index is 13.5. The van der Waals surface area contributed by atoms with E-state index in [2.05, 4.69) is 20.9 Å². The average Bonchev–Trinajstić information content (AvgIpc) is 2.89. The summed E-state index contributed by atoms with van der Waals surface area (Å²) in [5.74, 6) is -4.40. The van der Waals surface area contributed by atoms with Crippen LogP contribution in [0.15, 0.2) is 72.9 Å². The highest BCUT2D eigenvalue weighted by molar-refractivity contribution is 5.92. The van der Waals surface area contributed by atoms with Crippen molar-refractivity contribution >= 4 is 28.5 Å². The van der Waals surface area contributed by atoms with Gasteiger partial charge in [0.25, 0.3) is 5.79 Å². The predicted molar refractivity (Wildman–Crippen MR) is 130 cm³/mol.